The molecule has 0 saturated heterocycles. The second-order valence-corrected chi connectivity index (χ2v) is 3.45. The maximum atomic E-state index is 10.3. The Morgan fingerprint density at radius 1 is 1.20 bits per heavy atom. The largest absolute Gasteiger partial charge is 0.253 e. The third-order valence-corrected chi connectivity index (χ3v) is 2.34. The first-order valence-corrected chi connectivity index (χ1v) is 4.67. The predicted octanol–water partition coefficient (Wildman–Crippen LogP) is 2.82. The number of isocyanates is 1. The van der Waals surface area contributed by atoms with E-state index in [4.69, 9.17) is 0 Å². The van der Waals surface area contributed by atoms with Crippen LogP contribution in [0.15, 0.2) is 29.3 Å². The Balaban J connectivity index is 2.87. The lowest BCUT2D eigenvalue weighted by Crippen LogP contribution is -1.85. The lowest BCUT2D eigenvalue weighted by atomic mass is 10.1. The van der Waals surface area contributed by atoms with Crippen LogP contribution in [0.25, 0.3) is 10.9 Å². The smallest absolute Gasteiger partial charge is 0.240 e. The van der Waals surface area contributed by atoms with Gasteiger partial charge in [-0.05, 0) is 37.6 Å². The Morgan fingerprint density at radius 2 is 2.00 bits per heavy atom. The van der Waals surface area contributed by atoms with Crippen LogP contribution in [-0.4, -0.2) is 11.1 Å². The molecule has 15 heavy (non-hydrogen) atoms. The van der Waals surface area contributed by atoms with Crippen LogP contribution in [0.3, 0.4) is 0 Å². The van der Waals surface area contributed by atoms with Gasteiger partial charge in [-0.25, -0.2) is 4.79 Å². The summed E-state index contributed by atoms with van der Waals surface area (Å²) in [6, 6.07) is 7.68. The average Bonchev–Trinajstić information content (AvgIpc) is 2.22. The molecule has 0 unspecified atom stereocenters. The van der Waals surface area contributed by atoms with Crippen LogP contribution in [0, 0.1) is 13.8 Å². The summed E-state index contributed by atoms with van der Waals surface area (Å²) in [6.45, 7) is 3.84. The number of benzene rings is 1. The van der Waals surface area contributed by atoms with E-state index in [-0.39, 0.29) is 0 Å². The minimum atomic E-state index is 0.662. The van der Waals surface area contributed by atoms with Crippen LogP contribution < -0.4 is 0 Å². The molecule has 0 spiro atoms. The van der Waals surface area contributed by atoms with Gasteiger partial charge in [-0.15, -0.1) is 0 Å². The van der Waals surface area contributed by atoms with E-state index in [1.165, 1.54) is 0 Å². The first-order valence-electron chi connectivity index (χ1n) is 4.67. The number of aromatic nitrogens is 1. The maximum absolute atomic E-state index is 10.3. The number of fused-ring (bicyclic) bond motifs is 1. The molecule has 0 N–H and O–H groups in total. The van der Waals surface area contributed by atoms with Crippen molar-refractivity contribution in [2.45, 2.75) is 13.8 Å². The third kappa shape index (κ3) is 1.65. The van der Waals surface area contributed by atoms with Gasteiger partial charge in [0, 0.05) is 11.1 Å². The molecular formula is C12H10N2O. The Kier molecular flexibility index (Phi) is 2.32. The van der Waals surface area contributed by atoms with Crippen LogP contribution in [0.5, 0.6) is 0 Å². The van der Waals surface area contributed by atoms with Crippen molar-refractivity contribution in [3.05, 3.63) is 35.5 Å². The van der Waals surface area contributed by atoms with Crippen LogP contribution >= 0.6 is 0 Å². The number of aryl methyl sites for hydroxylation is 2. The van der Waals surface area contributed by atoms with Crippen molar-refractivity contribution in [3.8, 4) is 0 Å². The van der Waals surface area contributed by atoms with Gasteiger partial charge in [-0.1, -0.05) is 6.07 Å². The van der Waals surface area contributed by atoms with Crippen molar-refractivity contribution in [2.24, 2.45) is 4.99 Å². The highest BCUT2D eigenvalue weighted by atomic mass is 16.1. The van der Waals surface area contributed by atoms with Crippen molar-refractivity contribution in [3.63, 3.8) is 0 Å². The lowest BCUT2D eigenvalue weighted by molar-refractivity contribution is 0.565. The van der Waals surface area contributed by atoms with Crippen molar-refractivity contribution in [1.82, 2.24) is 4.98 Å². The van der Waals surface area contributed by atoms with E-state index in [1.807, 2.05) is 38.1 Å². The molecular weight excluding hydrogens is 188 g/mol. The molecule has 1 aromatic heterocycles. The monoisotopic (exact) mass is 198 g/mol. The summed E-state index contributed by atoms with van der Waals surface area (Å²) in [5, 5.41) is 0.893. The number of aliphatic imine (C=N–C) groups is 1. The van der Waals surface area contributed by atoms with E-state index in [1.54, 1.807) is 6.08 Å². The summed E-state index contributed by atoms with van der Waals surface area (Å²) in [6.07, 6.45) is 1.58. The van der Waals surface area contributed by atoms with Crippen LogP contribution in [-0.2, 0) is 4.79 Å². The van der Waals surface area contributed by atoms with Crippen molar-refractivity contribution in [2.75, 3.05) is 0 Å². The molecule has 0 radical (unpaired) electrons. The molecule has 0 bridgehead atoms. The highest BCUT2D eigenvalue weighted by Crippen LogP contribution is 2.28. The first-order chi connectivity index (χ1) is 7.22. The summed E-state index contributed by atoms with van der Waals surface area (Å²) in [4.78, 5) is 18.4. The second-order valence-electron chi connectivity index (χ2n) is 3.45. The van der Waals surface area contributed by atoms with E-state index in [0.717, 1.165) is 22.2 Å². The lowest BCUT2D eigenvalue weighted by Gasteiger charge is -2.04. The van der Waals surface area contributed by atoms with Gasteiger partial charge in [0.2, 0.25) is 6.08 Å². The van der Waals surface area contributed by atoms with E-state index in [2.05, 4.69) is 9.98 Å². The third-order valence-electron chi connectivity index (χ3n) is 2.34. The molecule has 0 fully saturated rings. The minimum Gasteiger partial charge on any atom is -0.253 e. The normalized spacial score (nSPS) is 10.0. The van der Waals surface area contributed by atoms with Crippen molar-refractivity contribution < 1.29 is 4.79 Å². The highest BCUT2D eigenvalue weighted by Gasteiger charge is 2.04. The fraction of sp³-hybridized carbons (Fsp3) is 0.167. The Labute approximate surface area is 87.5 Å². The molecule has 1 heterocycles. The van der Waals surface area contributed by atoms with Crippen LogP contribution in [0.2, 0.25) is 0 Å². The van der Waals surface area contributed by atoms with E-state index in [9.17, 15) is 4.79 Å². The zero-order chi connectivity index (χ0) is 10.8. The SMILES string of the molecule is Cc1ccc2c(N=C=O)c(C)ccc2n1. The number of rotatable bonds is 1. The summed E-state index contributed by atoms with van der Waals surface area (Å²) in [5.74, 6) is 0. The average molecular weight is 198 g/mol. The standard InChI is InChI=1S/C12H10N2O/c1-8-3-6-11-10(12(8)13-7-15)5-4-9(2)14-11/h3-6H,1-2H3. The molecule has 0 aliphatic heterocycles. The molecule has 0 aliphatic carbocycles. The van der Waals surface area contributed by atoms with Crippen LogP contribution in [0.1, 0.15) is 11.3 Å². The second kappa shape index (κ2) is 3.64. The fourth-order valence-electron chi connectivity index (χ4n) is 1.59. The predicted molar refractivity (Wildman–Crippen MR) is 59.0 cm³/mol. The van der Waals surface area contributed by atoms with Gasteiger partial charge in [0.05, 0.1) is 11.2 Å². The number of carbonyl (C=O) groups excluding carboxylic acids is 1. The molecule has 2 aromatic rings. The number of pyridine rings is 1. The van der Waals surface area contributed by atoms with Crippen molar-refractivity contribution in [1.29, 1.82) is 0 Å². The Bertz CT molecular complexity index is 569. The maximum Gasteiger partial charge on any atom is 0.240 e. The fourth-order valence-corrected chi connectivity index (χ4v) is 1.59. The number of nitrogens with zero attached hydrogens (tertiary/aromatic N) is 2. The van der Waals surface area contributed by atoms with Crippen molar-refractivity contribution >= 4 is 22.7 Å². The van der Waals surface area contributed by atoms with E-state index >= 15 is 0 Å². The zero-order valence-corrected chi connectivity index (χ0v) is 8.61. The molecule has 0 amide bonds. The Hall–Kier alpha value is -1.99. The summed E-state index contributed by atoms with van der Waals surface area (Å²) in [5.41, 5.74) is 3.42. The molecule has 74 valence electrons. The van der Waals surface area contributed by atoms with Gasteiger partial charge < -0.3 is 0 Å². The van der Waals surface area contributed by atoms with Gasteiger partial charge in [0.25, 0.3) is 0 Å². The quantitative estimate of drug-likeness (QED) is 0.522. The van der Waals surface area contributed by atoms with E-state index < -0.39 is 0 Å². The first kappa shape index (κ1) is 9.56. The Morgan fingerprint density at radius 3 is 2.73 bits per heavy atom. The molecule has 0 atom stereocenters. The highest BCUT2D eigenvalue weighted by molar-refractivity contribution is 5.92. The summed E-state index contributed by atoms with van der Waals surface area (Å²) < 4.78 is 0. The van der Waals surface area contributed by atoms with Crippen LogP contribution in [0.4, 0.5) is 5.69 Å². The molecule has 0 aliphatic rings. The van der Waals surface area contributed by atoms with Gasteiger partial charge >= 0.3 is 0 Å². The zero-order valence-electron chi connectivity index (χ0n) is 8.61. The topological polar surface area (TPSA) is 42.3 Å². The van der Waals surface area contributed by atoms with Gasteiger partial charge in [0.1, 0.15) is 0 Å². The van der Waals surface area contributed by atoms with Gasteiger partial charge in [0.15, 0.2) is 0 Å². The molecule has 3 heteroatoms. The molecule has 2 rings (SSSR count). The summed E-state index contributed by atoms with van der Waals surface area (Å²) >= 11 is 0. The molecule has 3 nitrogen and oxygen atoms in total. The molecule has 0 saturated carbocycles. The minimum absolute atomic E-state index is 0.662. The number of hydrogen-bond donors (Lipinski definition) is 0. The van der Waals surface area contributed by atoms with Gasteiger partial charge in [-0.2, -0.15) is 4.99 Å². The number of hydrogen-bond acceptors (Lipinski definition) is 3. The van der Waals surface area contributed by atoms with Gasteiger partial charge in [-0.3, -0.25) is 4.98 Å². The summed E-state index contributed by atoms with van der Waals surface area (Å²) in [7, 11) is 0. The van der Waals surface area contributed by atoms with E-state index in [0.29, 0.717) is 5.69 Å². The molecule has 1 aromatic carbocycles.